The van der Waals surface area contributed by atoms with Crippen LogP contribution in [0.2, 0.25) is 0 Å². The maximum Gasteiger partial charge on any atom is 0.405 e. The quantitative estimate of drug-likeness (QED) is 0.826. The van der Waals surface area contributed by atoms with E-state index in [9.17, 15) is 13.2 Å². The number of pyridine rings is 1. The maximum absolute atomic E-state index is 12.6. The maximum atomic E-state index is 12.6. The average molecular weight is 271 g/mol. The van der Waals surface area contributed by atoms with Gasteiger partial charge in [0.2, 0.25) is 0 Å². The standard InChI is InChI=1S/C13H16F3N3/c1-3-19(8-11(7-17)13(14,15)16)9-12-6-4-5-10(2)18-12/h4-6,11H,3,8-9H2,1-2H3. The van der Waals surface area contributed by atoms with Crippen LogP contribution in [0.25, 0.3) is 0 Å². The minimum absolute atomic E-state index is 0.312. The van der Waals surface area contributed by atoms with E-state index in [0.29, 0.717) is 18.8 Å². The predicted molar refractivity (Wildman–Crippen MR) is 65.1 cm³/mol. The van der Waals surface area contributed by atoms with E-state index in [1.807, 2.05) is 19.1 Å². The molecule has 104 valence electrons. The molecule has 0 amide bonds. The SMILES string of the molecule is CCN(Cc1cccc(C)n1)CC(C#N)C(F)(F)F. The number of aromatic nitrogens is 1. The molecule has 6 heteroatoms. The predicted octanol–water partition coefficient (Wildman–Crippen LogP) is 2.91. The van der Waals surface area contributed by atoms with Gasteiger partial charge in [-0.15, -0.1) is 0 Å². The zero-order valence-electron chi connectivity index (χ0n) is 10.9. The van der Waals surface area contributed by atoms with E-state index in [4.69, 9.17) is 5.26 Å². The summed E-state index contributed by atoms with van der Waals surface area (Å²) < 4.78 is 37.7. The molecule has 0 spiro atoms. The molecule has 1 heterocycles. The van der Waals surface area contributed by atoms with Crippen LogP contribution in [-0.2, 0) is 6.54 Å². The summed E-state index contributed by atoms with van der Waals surface area (Å²) in [6.07, 6.45) is -4.48. The summed E-state index contributed by atoms with van der Waals surface area (Å²) >= 11 is 0. The molecule has 1 unspecified atom stereocenters. The van der Waals surface area contributed by atoms with Crippen molar-refractivity contribution < 1.29 is 13.2 Å². The highest BCUT2D eigenvalue weighted by molar-refractivity contribution is 5.09. The molecule has 0 saturated heterocycles. The first kappa shape index (κ1) is 15.4. The highest BCUT2D eigenvalue weighted by Crippen LogP contribution is 2.26. The van der Waals surface area contributed by atoms with E-state index in [1.54, 1.807) is 17.9 Å². The molecule has 0 saturated carbocycles. The van der Waals surface area contributed by atoms with Crippen LogP contribution in [0.3, 0.4) is 0 Å². The molecule has 0 aromatic carbocycles. The minimum Gasteiger partial charge on any atom is -0.296 e. The van der Waals surface area contributed by atoms with E-state index >= 15 is 0 Å². The van der Waals surface area contributed by atoms with Crippen LogP contribution in [0.5, 0.6) is 0 Å². The average Bonchev–Trinajstić information content (AvgIpc) is 2.32. The lowest BCUT2D eigenvalue weighted by molar-refractivity contribution is -0.163. The normalized spacial score (nSPS) is 13.3. The zero-order valence-corrected chi connectivity index (χ0v) is 10.9. The second-order valence-electron chi connectivity index (χ2n) is 4.32. The van der Waals surface area contributed by atoms with Crippen LogP contribution in [0, 0.1) is 24.2 Å². The Morgan fingerprint density at radius 3 is 2.58 bits per heavy atom. The van der Waals surface area contributed by atoms with Crippen LogP contribution in [-0.4, -0.2) is 29.1 Å². The monoisotopic (exact) mass is 271 g/mol. The van der Waals surface area contributed by atoms with Crippen LogP contribution >= 0.6 is 0 Å². The smallest absolute Gasteiger partial charge is 0.296 e. The van der Waals surface area contributed by atoms with Gasteiger partial charge in [0.1, 0.15) is 0 Å². The van der Waals surface area contributed by atoms with Crippen molar-refractivity contribution in [3.8, 4) is 6.07 Å². The number of halogens is 3. The molecule has 0 aliphatic carbocycles. The molecule has 0 bridgehead atoms. The lowest BCUT2D eigenvalue weighted by atomic mass is 10.1. The Balaban J connectivity index is 2.72. The Labute approximate surface area is 110 Å². The number of nitrogens with zero attached hydrogens (tertiary/aromatic N) is 3. The lowest BCUT2D eigenvalue weighted by Crippen LogP contribution is -2.35. The molecule has 0 fully saturated rings. The molecule has 1 rings (SSSR count). The highest BCUT2D eigenvalue weighted by atomic mass is 19.4. The van der Waals surface area contributed by atoms with Crippen LogP contribution in [0.15, 0.2) is 18.2 Å². The number of nitriles is 1. The van der Waals surface area contributed by atoms with Crippen molar-refractivity contribution in [3.05, 3.63) is 29.6 Å². The van der Waals surface area contributed by atoms with E-state index in [-0.39, 0.29) is 6.54 Å². The van der Waals surface area contributed by atoms with Crippen molar-refractivity contribution in [2.24, 2.45) is 5.92 Å². The first-order valence-electron chi connectivity index (χ1n) is 5.98. The summed E-state index contributed by atoms with van der Waals surface area (Å²) in [7, 11) is 0. The summed E-state index contributed by atoms with van der Waals surface area (Å²) in [5.74, 6) is -1.96. The van der Waals surface area contributed by atoms with Gasteiger partial charge in [-0.2, -0.15) is 18.4 Å². The number of alkyl halides is 3. The van der Waals surface area contributed by atoms with E-state index < -0.39 is 12.1 Å². The highest BCUT2D eigenvalue weighted by Gasteiger charge is 2.40. The lowest BCUT2D eigenvalue weighted by Gasteiger charge is -2.24. The molecular formula is C13H16F3N3. The minimum atomic E-state index is -4.48. The Hall–Kier alpha value is -1.61. The van der Waals surface area contributed by atoms with Gasteiger partial charge in [0, 0.05) is 18.8 Å². The molecule has 1 aromatic rings. The van der Waals surface area contributed by atoms with E-state index in [0.717, 1.165) is 5.69 Å². The van der Waals surface area contributed by atoms with Crippen molar-refractivity contribution in [2.75, 3.05) is 13.1 Å². The van der Waals surface area contributed by atoms with Gasteiger partial charge >= 0.3 is 6.18 Å². The van der Waals surface area contributed by atoms with Crippen molar-refractivity contribution in [1.29, 1.82) is 5.26 Å². The van der Waals surface area contributed by atoms with Crippen molar-refractivity contribution in [3.63, 3.8) is 0 Å². The first-order chi connectivity index (χ1) is 8.86. The summed E-state index contributed by atoms with van der Waals surface area (Å²) in [6, 6.07) is 6.73. The fourth-order valence-electron chi connectivity index (χ4n) is 1.70. The van der Waals surface area contributed by atoms with Gasteiger partial charge in [0.15, 0.2) is 5.92 Å². The second kappa shape index (κ2) is 6.53. The van der Waals surface area contributed by atoms with Crippen molar-refractivity contribution >= 4 is 0 Å². The molecule has 0 N–H and O–H groups in total. The third-order valence-corrected chi connectivity index (χ3v) is 2.77. The Kier molecular flexibility index (Phi) is 5.31. The van der Waals surface area contributed by atoms with Gasteiger partial charge in [0.25, 0.3) is 0 Å². The van der Waals surface area contributed by atoms with E-state index in [1.165, 1.54) is 6.07 Å². The van der Waals surface area contributed by atoms with Crippen LogP contribution in [0.4, 0.5) is 13.2 Å². The second-order valence-corrected chi connectivity index (χ2v) is 4.32. The Morgan fingerprint density at radius 2 is 2.11 bits per heavy atom. The molecule has 19 heavy (non-hydrogen) atoms. The Bertz CT molecular complexity index is 451. The molecule has 1 aromatic heterocycles. The summed E-state index contributed by atoms with van der Waals surface area (Å²) in [5.41, 5.74) is 1.53. The first-order valence-corrected chi connectivity index (χ1v) is 5.98. The third kappa shape index (κ3) is 4.87. The number of rotatable bonds is 5. The third-order valence-electron chi connectivity index (χ3n) is 2.77. The molecule has 0 aliphatic rings. The van der Waals surface area contributed by atoms with Crippen LogP contribution < -0.4 is 0 Å². The van der Waals surface area contributed by atoms with Crippen molar-refractivity contribution in [2.45, 2.75) is 26.6 Å². The zero-order chi connectivity index (χ0) is 14.5. The van der Waals surface area contributed by atoms with Gasteiger partial charge in [-0.3, -0.25) is 9.88 Å². The molecule has 0 radical (unpaired) electrons. The topological polar surface area (TPSA) is 39.9 Å². The largest absolute Gasteiger partial charge is 0.405 e. The molecule has 3 nitrogen and oxygen atoms in total. The molecule has 1 atom stereocenters. The van der Waals surface area contributed by atoms with Gasteiger partial charge in [-0.1, -0.05) is 13.0 Å². The Morgan fingerprint density at radius 1 is 1.42 bits per heavy atom. The van der Waals surface area contributed by atoms with Gasteiger partial charge in [-0.25, -0.2) is 0 Å². The summed E-state index contributed by atoms with van der Waals surface area (Å²) in [4.78, 5) is 5.82. The van der Waals surface area contributed by atoms with E-state index in [2.05, 4.69) is 4.98 Å². The van der Waals surface area contributed by atoms with Crippen LogP contribution in [0.1, 0.15) is 18.3 Å². The fraction of sp³-hybridized carbons (Fsp3) is 0.538. The summed E-state index contributed by atoms with van der Waals surface area (Å²) in [6.45, 7) is 4.01. The van der Waals surface area contributed by atoms with Gasteiger partial charge in [0.05, 0.1) is 11.8 Å². The number of hydrogen-bond acceptors (Lipinski definition) is 3. The van der Waals surface area contributed by atoms with Gasteiger partial charge in [-0.05, 0) is 25.6 Å². The number of hydrogen-bond donors (Lipinski definition) is 0. The van der Waals surface area contributed by atoms with Crippen molar-refractivity contribution in [1.82, 2.24) is 9.88 Å². The van der Waals surface area contributed by atoms with Gasteiger partial charge < -0.3 is 0 Å². The molecule has 0 aliphatic heterocycles. The summed E-state index contributed by atoms with van der Waals surface area (Å²) in [5, 5.41) is 8.60. The fourth-order valence-corrected chi connectivity index (χ4v) is 1.70. The number of aryl methyl sites for hydroxylation is 1. The molecular weight excluding hydrogens is 255 g/mol.